The molecule has 0 bridgehead atoms. The molecule has 1 aliphatic heterocycles. The smallest absolute Gasteiger partial charge is 0.362 e. The average Bonchev–Trinajstić information content (AvgIpc) is 2.50. The third-order valence-corrected chi connectivity index (χ3v) is 4.01. The van der Waals surface area contributed by atoms with E-state index in [0.717, 1.165) is 0 Å². The molecule has 0 aromatic heterocycles. The Hall–Kier alpha value is -1.38. The Morgan fingerprint density at radius 3 is 2.46 bits per heavy atom. The van der Waals surface area contributed by atoms with E-state index in [1.165, 1.54) is 17.0 Å². The molecule has 1 aliphatic rings. The number of carbonyl (C=O) groups excluding carboxylic acids is 1. The van der Waals surface area contributed by atoms with Gasteiger partial charge in [0.15, 0.2) is 0 Å². The highest BCUT2D eigenvalue weighted by atomic mass is 35.5. The second-order valence-corrected chi connectivity index (χ2v) is 5.87. The molecule has 2 rings (SSSR count). The Morgan fingerprint density at radius 2 is 1.88 bits per heavy atom. The maximum Gasteiger partial charge on any atom is 0.411 e. The van der Waals surface area contributed by atoms with E-state index < -0.39 is 25.3 Å². The van der Waals surface area contributed by atoms with Crippen molar-refractivity contribution in [1.82, 2.24) is 9.80 Å². The molecule has 0 atom stereocenters. The molecule has 24 heavy (non-hydrogen) atoms. The van der Waals surface area contributed by atoms with Gasteiger partial charge in [-0.1, -0.05) is 17.7 Å². The molecule has 1 aromatic carbocycles. The quantitative estimate of drug-likeness (QED) is 0.749. The van der Waals surface area contributed by atoms with Gasteiger partial charge in [0.25, 0.3) is 0 Å². The molecule has 0 spiro atoms. The van der Waals surface area contributed by atoms with Crippen molar-refractivity contribution in [2.24, 2.45) is 0 Å². The van der Waals surface area contributed by atoms with Crippen LogP contribution in [-0.4, -0.2) is 61.3 Å². The monoisotopic (exact) mass is 368 g/mol. The fourth-order valence-corrected chi connectivity index (χ4v) is 2.63. The molecule has 134 valence electrons. The summed E-state index contributed by atoms with van der Waals surface area (Å²) in [4.78, 5) is 15.2. The Labute approximate surface area is 141 Å². The Kier molecular flexibility index (Phi) is 6.42. The fourth-order valence-electron chi connectivity index (χ4n) is 2.41. The lowest BCUT2D eigenvalue weighted by Gasteiger charge is -2.34. The van der Waals surface area contributed by atoms with Gasteiger partial charge in [-0.15, -0.1) is 0 Å². The minimum absolute atomic E-state index is 0.318. The van der Waals surface area contributed by atoms with Crippen LogP contribution < -0.4 is 0 Å². The van der Waals surface area contributed by atoms with Crippen LogP contribution in [0.5, 0.6) is 0 Å². The standard InChI is InChI=1S/C15H17ClF4N2O2/c16-12-2-1-3-13(17)11(12)8-21-4-6-22(7-5-21)14(23)9-24-10-15(18,19)20/h1-3H,4-10H2. The van der Waals surface area contributed by atoms with Gasteiger partial charge in [-0.25, -0.2) is 4.39 Å². The van der Waals surface area contributed by atoms with Gasteiger partial charge < -0.3 is 9.64 Å². The third-order valence-electron chi connectivity index (χ3n) is 3.66. The van der Waals surface area contributed by atoms with Crippen molar-refractivity contribution in [2.75, 3.05) is 39.4 Å². The lowest BCUT2D eigenvalue weighted by atomic mass is 10.2. The maximum absolute atomic E-state index is 13.8. The number of benzene rings is 1. The largest absolute Gasteiger partial charge is 0.411 e. The van der Waals surface area contributed by atoms with Gasteiger partial charge in [0.1, 0.15) is 19.0 Å². The molecular weight excluding hydrogens is 352 g/mol. The highest BCUT2D eigenvalue weighted by Gasteiger charge is 2.29. The van der Waals surface area contributed by atoms with Crippen molar-refractivity contribution in [1.29, 1.82) is 0 Å². The van der Waals surface area contributed by atoms with Gasteiger partial charge in [0.05, 0.1) is 0 Å². The van der Waals surface area contributed by atoms with Crippen molar-refractivity contribution < 1.29 is 27.1 Å². The van der Waals surface area contributed by atoms with Crippen LogP contribution in [0.4, 0.5) is 17.6 Å². The van der Waals surface area contributed by atoms with Crippen LogP contribution in [0.15, 0.2) is 18.2 Å². The van der Waals surface area contributed by atoms with Crippen molar-refractivity contribution >= 4 is 17.5 Å². The second-order valence-electron chi connectivity index (χ2n) is 5.47. The van der Waals surface area contributed by atoms with Crippen molar-refractivity contribution in [3.05, 3.63) is 34.6 Å². The second kappa shape index (κ2) is 8.13. The van der Waals surface area contributed by atoms with E-state index in [2.05, 4.69) is 4.74 Å². The molecule has 9 heteroatoms. The zero-order valence-corrected chi connectivity index (χ0v) is 13.5. The Balaban J connectivity index is 1.78. The Bertz CT molecular complexity index is 555. The first kappa shape index (κ1) is 19.0. The minimum Gasteiger partial charge on any atom is -0.362 e. The zero-order chi connectivity index (χ0) is 17.7. The minimum atomic E-state index is -4.45. The van der Waals surface area contributed by atoms with Crippen LogP contribution in [0.25, 0.3) is 0 Å². The van der Waals surface area contributed by atoms with E-state index in [-0.39, 0.29) is 5.82 Å². The zero-order valence-electron chi connectivity index (χ0n) is 12.8. The number of hydrogen-bond acceptors (Lipinski definition) is 3. The first-order chi connectivity index (χ1) is 11.3. The molecule has 1 fully saturated rings. The third kappa shape index (κ3) is 5.61. The van der Waals surface area contributed by atoms with Crippen molar-refractivity contribution in [2.45, 2.75) is 12.7 Å². The first-order valence-corrected chi connectivity index (χ1v) is 7.71. The molecule has 1 heterocycles. The summed E-state index contributed by atoms with van der Waals surface area (Å²) in [6.45, 7) is -0.0623. The molecular formula is C15H17ClF4N2O2. The number of amides is 1. The summed E-state index contributed by atoms with van der Waals surface area (Å²) in [6.07, 6.45) is -4.45. The van der Waals surface area contributed by atoms with Crippen LogP contribution in [-0.2, 0) is 16.1 Å². The molecule has 0 aliphatic carbocycles. The summed E-state index contributed by atoms with van der Waals surface area (Å²) >= 11 is 5.98. The van der Waals surface area contributed by atoms with Crippen LogP contribution in [0.1, 0.15) is 5.56 Å². The maximum atomic E-state index is 13.8. The van der Waals surface area contributed by atoms with Gasteiger partial charge in [-0.2, -0.15) is 13.2 Å². The molecule has 0 radical (unpaired) electrons. The normalized spacial score (nSPS) is 16.5. The van der Waals surface area contributed by atoms with Crippen LogP contribution in [0, 0.1) is 5.82 Å². The first-order valence-electron chi connectivity index (χ1n) is 7.34. The van der Waals surface area contributed by atoms with E-state index in [0.29, 0.717) is 43.3 Å². The summed E-state index contributed by atoms with van der Waals surface area (Å²) in [5.41, 5.74) is 0.396. The average molecular weight is 369 g/mol. The summed E-state index contributed by atoms with van der Waals surface area (Å²) in [5, 5.41) is 0.342. The lowest BCUT2D eigenvalue weighted by molar-refractivity contribution is -0.178. The molecule has 0 unspecified atom stereocenters. The highest BCUT2D eigenvalue weighted by molar-refractivity contribution is 6.31. The van der Waals surface area contributed by atoms with Crippen LogP contribution in [0.2, 0.25) is 5.02 Å². The number of halogens is 5. The Morgan fingerprint density at radius 1 is 1.21 bits per heavy atom. The number of hydrogen-bond donors (Lipinski definition) is 0. The van der Waals surface area contributed by atoms with E-state index in [4.69, 9.17) is 11.6 Å². The molecule has 1 saturated heterocycles. The van der Waals surface area contributed by atoms with Crippen molar-refractivity contribution in [3.8, 4) is 0 Å². The van der Waals surface area contributed by atoms with Gasteiger partial charge in [-0.05, 0) is 12.1 Å². The van der Waals surface area contributed by atoms with Gasteiger partial charge in [0.2, 0.25) is 5.91 Å². The topological polar surface area (TPSA) is 32.8 Å². The SMILES string of the molecule is O=C(COCC(F)(F)F)N1CCN(Cc2c(F)cccc2Cl)CC1. The van der Waals surface area contributed by atoms with E-state index in [1.807, 2.05) is 4.90 Å². The summed E-state index contributed by atoms with van der Waals surface area (Å²) < 4.78 is 54.1. The number of nitrogens with zero attached hydrogens (tertiary/aromatic N) is 2. The van der Waals surface area contributed by atoms with E-state index in [1.54, 1.807) is 6.07 Å². The van der Waals surface area contributed by atoms with E-state index >= 15 is 0 Å². The lowest BCUT2D eigenvalue weighted by Crippen LogP contribution is -2.49. The highest BCUT2D eigenvalue weighted by Crippen LogP contribution is 2.21. The molecule has 1 aromatic rings. The molecule has 0 N–H and O–H groups in total. The predicted molar refractivity (Wildman–Crippen MR) is 80.1 cm³/mol. The van der Waals surface area contributed by atoms with Gasteiger partial charge >= 0.3 is 6.18 Å². The van der Waals surface area contributed by atoms with Crippen molar-refractivity contribution in [3.63, 3.8) is 0 Å². The summed E-state index contributed by atoms with van der Waals surface area (Å²) in [7, 11) is 0. The predicted octanol–water partition coefficient (Wildman–Crippen LogP) is 2.70. The van der Waals surface area contributed by atoms with Gasteiger partial charge in [-0.3, -0.25) is 9.69 Å². The molecule has 1 amide bonds. The molecule has 0 saturated carbocycles. The summed E-state index contributed by atoms with van der Waals surface area (Å²) in [5.74, 6) is -0.871. The number of alkyl halides is 3. The number of piperazine rings is 1. The summed E-state index contributed by atoms with van der Waals surface area (Å²) in [6, 6.07) is 4.47. The van der Waals surface area contributed by atoms with E-state index in [9.17, 15) is 22.4 Å². The number of carbonyl (C=O) groups is 1. The molecule has 4 nitrogen and oxygen atoms in total. The number of rotatable bonds is 5. The van der Waals surface area contributed by atoms with Gasteiger partial charge in [0, 0.05) is 43.3 Å². The fraction of sp³-hybridized carbons (Fsp3) is 0.533. The number of ether oxygens (including phenoxy) is 1. The van der Waals surface area contributed by atoms with Crippen LogP contribution in [0.3, 0.4) is 0 Å². The van der Waals surface area contributed by atoms with Crippen LogP contribution >= 0.6 is 11.6 Å².